The van der Waals surface area contributed by atoms with Crippen molar-refractivity contribution in [1.29, 1.82) is 0 Å². The van der Waals surface area contributed by atoms with Crippen LogP contribution in [0.2, 0.25) is 0 Å². The number of thiophene rings is 1. The van der Waals surface area contributed by atoms with Gasteiger partial charge in [0.15, 0.2) is 5.84 Å². The molecule has 10 rings (SSSR count). The number of nitrogens with zero attached hydrogens (tertiary/aromatic N) is 2. The van der Waals surface area contributed by atoms with Gasteiger partial charge < -0.3 is 9.73 Å². The third-order valence-electron chi connectivity index (χ3n) is 9.32. The minimum absolute atomic E-state index is 0.323. The first-order valence-electron chi connectivity index (χ1n) is 16.1. The summed E-state index contributed by atoms with van der Waals surface area (Å²) in [4.78, 5) is 10.6. The highest BCUT2D eigenvalue weighted by Crippen LogP contribution is 2.39. The molecule has 1 N–H and O–H groups in total. The smallest absolute Gasteiger partial charge is 0.160 e. The van der Waals surface area contributed by atoms with Crippen LogP contribution in [0, 0.1) is 0 Å². The van der Waals surface area contributed by atoms with Crippen molar-refractivity contribution < 1.29 is 4.42 Å². The third kappa shape index (κ3) is 4.36. The van der Waals surface area contributed by atoms with E-state index < -0.39 is 0 Å². The summed E-state index contributed by atoms with van der Waals surface area (Å²) in [5, 5.41) is 10.7. The lowest BCUT2D eigenvalue weighted by Crippen LogP contribution is -2.33. The van der Waals surface area contributed by atoms with Gasteiger partial charge in [0.25, 0.3) is 0 Å². The Morgan fingerprint density at radius 2 is 1.33 bits per heavy atom. The van der Waals surface area contributed by atoms with Crippen LogP contribution in [0.15, 0.2) is 166 Å². The number of hydrogen-bond acceptors (Lipinski definition) is 5. The number of fused-ring (bicyclic) bond motifs is 7. The number of nitrogens with one attached hydrogen (secondary N) is 1. The van der Waals surface area contributed by atoms with Gasteiger partial charge in [-0.3, -0.25) is 0 Å². The maximum atomic E-state index is 6.54. The number of hydrogen-bond donors (Lipinski definition) is 1. The highest BCUT2D eigenvalue weighted by atomic mass is 32.1. The van der Waals surface area contributed by atoms with Crippen LogP contribution in [0.5, 0.6) is 0 Å². The van der Waals surface area contributed by atoms with E-state index in [1.165, 1.54) is 30.9 Å². The van der Waals surface area contributed by atoms with Gasteiger partial charge in [0.2, 0.25) is 0 Å². The van der Waals surface area contributed by atoms with Crippen molar-refractivity contribution in [3.63, 3.8) is 0 Å². The Morgan fingerprint density at radius 3 is 2.25 bits per heavy atom. The number of para-hydroxylation sites is 1. The number of amidine groups is 2. The number of aliphatic imine (C=N–C) groups is 2. The van der Waals surface area contributed by atoms with Gasteiger partial charge in [0.1, 0.15) is 23.2 Å². The van der Waals surface area contributed by atoms with Crippen LogP contribution in [-0.4, -0.2) is 11.7 Å². The maximum absolute atomic E-state index is 6.54. The molecule has 226 valence electrons. The van der Waals surface area contributed by atoms with Gasteiger partial charge in [-0.1, -0.05) is 115 Å². The minimum atomic E-state index is -0.323. The average Bonchev–Trinajstić information content (AvgIpc) is 3.73. The molecule has 1 atom stereocenters. The Kier molecular flexibility index (Phi) is 6.08. The molecular weight excluding hydrogens is 607 g/mol. The Bertz CT molecular complexity index is 2770. The number of benzene rings is 7. The van der Waals surface area contributed by atoms with E-state index in [1.54, 1.807) is 11.3 Å². The van der Waals surface area contributed by atoms with E-state index in [0.717, 1.165) is 55.6 Å². The lowest BCUT2D eigenvalue weighted by Gasteiger charge is -2.24. The molecule has 0 fully saturated rings. The molecule has 1 aliphatic heterocycles. The third-order valence-corrected chi connectivity index (χ3v) is 10.5. The summed E-state index contributed by atoms with van der Waals surface area (Å²) in [5.41, 5.74) is 6.96. The Morgan fingerprint density at radius 1 is 0.562 bits per heavy atom. The van der Waals surface area contributed by atoms with Crippen molar-refractivity contribution in [3.8, 4) is 11.1 Å². The lowest BCUT2D eigenvalue weighted by molar-refractivity contribution is 0.668. The Labute approximate surface area is 280 Å². The second kappa shape index (κ2) is 10.8. The highest BCUT2D eigenvalue weighted by molar-refractivity contribution is 7.26. The molecule has 2 aromatic heterocycles. The van der Waals surface area contributed by atoms with E-state index in [0.29, 0.717) is 5.84 Å². The molecule has 7 aromatic carbocycles. The lowest BCUT2D eigenvalue weighted by atomic mass is 9.96. The number of rotatable bonds is 4. The van der Waals surface area contributed by atoms with Crippen molar-refractivity contribution in [2.75, 3.05) is 0 Å². The molecule has 48 heavy (non-hydrogen) atoms. The van der Waals surface area contributed by atoms with E-state index in [2.05, 4.69) is 139 Å². The fourth-order valence-corrected chi connectivity index (χ4v) is 8.22. The van der Waals surface area contributed by atoms with Crippen LogP contribution in [0.1, 0.15) is 22.9 Å². The molecule has 0 amide bonds. The summed E-state index contributed by atoms with van der Waals surface area (Å²) in [6.07, 6.45) is -0.323. The fraction of sp³-hybridized carbons (Fsp3) is 0.0233. The zero-order valence-corrected chi connectivity index (χ0v) is 26.5. The zero-order valence-electron chi connectivity index (χ0n) is 25.7. The molecule has 0 saturated carbocycles. The van der Waals surface area contributed by atoms with Gasteiger partial charge in [-0.2, -0.15) is 0 Å². The first kappa shape index (κ1) is 27.1. The van der Waals surface area contributed by atoms with Crippen molar-refractivity contribution >= 4 is 75.9 Å². The number of furan rings is 1. The molecule has 0 saturated heterocycles. The summed E-state index contributed by atoms with van der Waals surface area (Å²) in [5.74, 6) is 1.48. The van der Waals surface area contributed by atoms with E-state index in [-0.39, 0.29) is 6.17 Å². The Balaban J connectivity index is 1.23. The second-order valence-electron chi connectivity index (χ2n) is 12.2. The predicted octanol–water partition coefficient (Wildman–Crippen LogP) is 11.3. The van der Waals surface area contributed by atoms with Crippen LogP contribution in [0.25, 0.3) is 64.0 Å². The van der Waals surface area contributed by atoms with Gasteiger partial charge in [0.05, 0.1) is 0 Å². The van der Waals surface area contributed by atoms with Gasteiger partial charge in [-0.25, -0.2) is 9.98 Å². The van der Waals surface area contributed by atoms with Gasteiger partial charge in [-0.15, -0.1) is 11.3 Å². The summed E-state index contributed by atoms with van der Waals surface area (Å²) in [6.45, 7) is 0. The first-order chi connectivity index (χ1) is 23.8. The second-order valence-corrected chi connectivity index (χ2v) is 13.3. The van der Waals surface area contributed by atoms with E-state index in [1.807, 2.05) is 18.2 Å². The quantitative estimate of drug-likeness (QED) is 0.210. The molecule has 9 aromatic rings. The SMILES string of the molecule is c1ccc(C2N=C(c3cccc4c3sc3ccccc34)N=C(c3cc(-c4ccc5ccccc5c4)cc4oc5ccccc5c34)N2)cc1. The van der Waals surface area contributed by atoms with E-state index in [9.17, 15) is 0 Å². The van der Waals surface area contributed by atoms with E-state index >= 15 is 0 Å². The standard InChI is InChI=1S/C43H27N3OS/c1-2-12-27(13-3-1)41-44-42(34-18-10-17-32-31-15-7-9-20-38(31)48-40(32)34)46-43(45-41)35-24-30(29-22-21-26-11-4-5-14-28(26)23-29)25-37-39(35)33-16-6-8-19-36(33)47-37/h1-25,41H,(H,44,45,46). The summed E-state index contributed by atoms with van der Waals surface area (Å²) in [7, 11) is 0. The summed E-state index contributed by atoms with van der Waals surface area (Å²) in [6, 6.07) is 53.2. The topological polar surface area (TPSA) is 49.9 Å². The van der Waals surface area contributed by atoms with Crippen LogP contribution < -0.4 is 5.32 Å². The summed E-state index contributed by atoms with van der Waals surface area (Å²) < 4.78 is 8.99. The zero-order chi connectivity index (χ0) is 31.6. The maximum Gasteiger partial charge on any atom is 0.160 e. The normalized spacial score (nSPS) is 14.9. The van der Waals surface area contributed by atoms with Crippen molar-refractivity contribution in [2.24, 2.45) is 9.98 Å². The summed E-state index contributed by atoms with van der Waals surface area (Å²) >= 11 is 1.80. The molecule has 4 nitrogen and oxygen atoms in total. The van der Waals surface area contributed by atoms with Gasteiger partial charge in [0, 0.05) is 42.1 Å². The van der Waals surface area contributed by atoms with Gasteiger partial charge in [-0.05, 0) is 63.9 Å². The largest absolute Gasteiger partial charge is 0.456 e. The molecule has 0 spiro atoms. The van der Waals surface area contributed by atoms with Crippen molar-refractivity contribution in [1.82, 2.24) is 5.32 Å². The predicted molar refractivity (Wildman–Crippen MR) is 201 cm³/mol. The van der Waals surface area contributed by atoms with Crippen LogP contribution in [0.3, 0.4) is 0 Å². The van der Waals surface area contributed by atoms with E-state index in [4.69, 9.17) is 14.4 Å². The van der Waals surface area contributed by atoms with Crippen LogP contribution in [-0.2, 0) is 0 Å². The van der Waals surface area contributed by atoms with Gasteiger partial charge >= 0.3 is 0 Å². The molecule has 1 aliphatic rings. The molecule has 0 aliphatic carbocycles. The van der Waals surface area contributed by atoms with Crippen LogP contribution in [0.4, 0.5) is 0 Å². The first-order valence-corrected chi connectivity index (χ1v) is 16.9. The van der Waals surface area contributed by atoms with Crippen LogP contribution >= 0.6 is 11.3 Å². The molecular formula is C43H27N3OS. The molecule has 0 bridgehead atoms. The highest BCUT2D eigenvalue weighted by Gasteiger charge is 2.26. The monoisotopic (exact) mass is 633 g/mol. The average molecular weight is 634 g/mol. The molecule has 1 unspecified atom stereocenters. The van der Waals surface area contributed by atoms with Crippen molar-refractivity contribution in [3.05, 3.63) is 168 Å². The Hall–Kier alpha value is -6.04. The molecule has 3 heterocycles. The van der Waals surface area contributed by atoms with Crippen molar-refractivity contribution in [2.45, 2.75) is 6.17 Å². The minimum Gasteiger partial charge on any atom is -0.456 e. The molecule has 5 heteroatoms. The molecule has 0 radical (unpaired) electrons. The fourth-order valence-electron chi connectivity index (χ4n) is 7.01.